The van der Waals surface area contributed by atoms with Crippen LogP contribution in [0.5, 0.6) is 0 Å². The molecule has 1 unspecified atom stereocenters. The summed E-state index contributed by atoms with van der Waals surface area (Å²) in [4.78, 5) is 4.08. The van der Waals surface area contributed by atoms with E-state index in [-0.39, 0.29) is 6.04 Å². The lowest BCUT2D eigenvalue weighted by Gasteiger charge is -2.18. The first-order chi connectivity index (χ1) is 8.19. The smallest absolute Gasteiger partial charge is 0.106 e. The van der Waals surface area contributed by atoms with Crippen molar-refractivity contribution in [1.29, 1.82) is 0 Å². The van der Waals surface area contributed by atoms with Gasteiger partial charge in [0.2, 0.25) is 0 Å². The zero-order valence-electron chi connectivity index (χ0n) is 9.76. The van der Waals surface area contributed by atoms with Gasteiger partial charge in [-0.25, -0.2) is 10.4 Å². The monoisotopic (exact) mass is 254 g/mol. The first kappa shape index (κ1) is 12.1. The molecule has 0 amide bonds. The number of aryl methyl sites for hydroxylation is 2. The molecule has 0 aromatic carbocycles. The normalized spacial score (nSPS) is 12.9. The van der Waals surface area contributed by atoms with Crippen LogP contribution in [0.25, 0.3) is 0 Å². The molecule has 2 aromatic rings. The lowest BCUT2D eigenvalue weighted by atomic mass is 10.1. The van der Waals surface area contributed by atoms with Crippen LogP contribution in [0.2, 0.25) is 5.02 Å². The van der Waals surface area contributed by atoms with E-state index in [9.17, 15) is 0 Å². The van der Waals surface area contributed by atoms with Gasteiger partial charge in [-0.05, 0) is 6.92 Å². The number of hydrogen-bond acceptors (Lipinski definition) is 4. The molecule has 0 radical (unpaired) electrons. The van der Waals surface area contributed by atoms with Crippen molar-refractivity contribution in [1.82, 2.24) is 24.8 Å². The highest BCUT2D eigenvalue weighted by Gasteiger charge is 2.22. The number of nitrogens with one attached hydrogen (secondary N) is 1. The third-order valence-electron chi connectivity index (χ3n) is 2.72. The fraction of sp³-hybridized carbons (Fsp3) is 0.400. The minimum atomic E-state index is -0.225. The molecule has 0 saturated carbocycles. The first-order valence-corrected chi connectivity index (χ1v) is 5.70. The summed E-state index contributed by atoms with van der Waals surface area (Å²) in [6.45, 7) is 2.74. The zero-order chi connectivity index (χ0) is 12.4. The van der Waals surface area contributed by atoms with E-state index >= 15 is 0 Å². The largest absolute Gasteiger partial charge is 0.336 e. The Labute approximate surface area is 104 Å². The molecule has 2 heterocycles. The van der Waals surface area contributed by atoms with Crippen molar-refractivity contribution in [3.8, 4) is 0 Å². The summed E-state index contributed by atoms with van der Waals surface area (Å²) in [5.41, 5.74) is 4.54. The van der Waals surface area contributed by atoms with E-state index in [4.69, 9.17) is 17.4 Å². The number of rotatable bonds is 4. The van der Waals surface area contributed by atoms with E-state index < -0.39 is 0 Å². The van der Waals surface area contributed by atoms with Crippen molar-refractivity contribution >= 4 is 11.6 Å². The maximum Gasteiger partial charge on any atom is 0.106 e. The van der Waals surface area contributed by atoms with Gasteiger partial charge in [-0.15, -0.1) is 0 Å². The van der Waals surface area contributed by atoms with Crippen LogP contribution in [0.15, 0.2) is 18.7 Å². The molecule has 0 aliphatic heterocycles. The summed E-state index contributed by atoms with van der Waals surface area (Å²) >= 11 is 6.16. The molecule has 17 heavy (non-hydrogen) atoms. The van der Waals surface area contributed by atoms with Crippen LogP contribution in [0.1, 0.15) is 24.4 Å². The summed E-state index contributed by atoms with van der Waals surface area (Å²) in [5.74, 6) is 5.63. The predicted molar refractivity (Wildman–Crippen MR) is 65.3 cm³/mol. The number of aromatic nitrogens is 4. The van der Waals surface area contributed by atoms with Crippen LogP contribution >= 0.6 is 11.6 Å². The third kappa shape index (κ3) is 2.06. The van der Waals surface area contributed by atoms with Gasteiger partial charge in [-0.3, -0.25) is 10.5 Å². The fourth-order valence-electron chi connectivity index (χ4n) is 1.86. The van der Waals surface area contributed by atoms with Gasteiger partial charge < -0.3 is 4.57 Å². The summed E-state index contributed by atoms with van der Waals surface area (Å²) < 4.78 is 3.72. The Morgan fingerprint density at radius 3 is 2.82 bits per heavy atom. The Morgan fingerprint density at radius 1 is 1.53 bits per heavy atom. The highest BCUT2D eigenvalue weighted by molar-refractivity contribution is 6.31. The molecule has 2 aromatic heterocycles. The van der Waals surface area contributed by atoms with E-state index in [0.29, 0.717) is 5.02 Å². The lowest BCUT2D eigenvalue weighted by molar-refractivity contribution is 0.525. The Hall–Kier alpha value is -1.37. The standard InChI is InChI=1S/C10H15ClN6/c1-3-17-10(7(11)4-14-17)9(15-12)8-5-13-6-16(8)2/h4-6,9,15H,3,12H2,1-2H3. The number of nitrogens with zero attached hydrogens (tertiary/aromatic N) is 4. The van der Waals surface area contributed by atoms with Crippen molar-refractivity contribution in [2.24, 2.45) is 12.9 Å². The Balaban J connectivity index is 2.49. The second kappa shape index (κ2) is 4.87. The molecule has 7 heteroatoms. The maximum atomic E-state index is 6.16. The molecular formula is C10H15ClN6. The first-order valence-electron chi connectivity index (χ1n) is 5.32. The van der Waals surface area contributed by atoms with E-state index in [1.165, 1.54) is 0 Å². The number of hydrazine groups is 1. The van der Waals surface area contributed by atoms with E-state index in [2.05, 4.69) is 15.5 Å². The second-order valence-corrected chi connectivity index (χ2v) is 4.13. The molecule has 0 spiro atoms. The summed E-state index contributed by atoms with van der Waals surface area (Å²) in [7, 11) is 1.91. The molecule has 0 aliphatic carbocycles. The molecular weight excluding hydrogens is 240 g/mol. The Kier molecular flexibility index (Phi) is 3.46. The average molecular weight is 255 g/mol. The van der Waals surface area contributed by atoms with Gasteiger partial charge in [0.1, 0.15) is 6.04 Å². The van der Waals surface area contributed by atoms with Gasteiger partial charge in [-0.2, -0.15) is 5.10 Å². The average Bonchev–Trinajstić information content (AvgIpc) is 2.89. The van der Waals surface area contributed by atoms with Crippen molar-refractivity contribution in [3.63, 3.8) is 0 Å². The van der Waals surface area contributed by atoms with Crippen molar-refractivity contribution in [3.05, 3.63) is 35.1 Å². The molecule has 0 aliphatic rings. The molecule has 1 atom stereocenters. The topological polar surface area (TPSA) is 73.7 Å². The van der Waals surface area contributed by atoms with Crippen LogP contribution in [-0.4, -0.2) is 19.3 Å². The number of hydrogen-bond donors (Lipinski definition) is 2. The highest BCUT2D eigenvalue weighted by Crippen LogP contribution is 2.27. The molecule has 6 nitrogen and oxygen atoms in total. The van der Waals surface area contributed by atoms with Crippen LogP contribution in [0.3, 0.4) is 0 Å². The highest BCUT2D eigenvalue weighted by atomic mass is 35.5. The van der Waals surface area contributed by atoms with Gasteiger partial charge in [0.15, 0.2) is 0 Å². The van der Waals surface area contributed by atoms with E-state index in [1.54, 1.807) is 18.7 Å². The molecule has 0 fully saturated rings. The van der Waals surface area contributed by atoms with Gasteiger partial charge >= 0.3 is 0 Å². The van der Waals surface area contributed by atoms with Gasteiger partial charge in [0.25, 0.3) is 0 Å². The molecule has 92 valence electrons. The van der Waals surface area contributed by atoms with Gasteiger partial charge in [-0.1, -0.05) is 11.6 Å². The van der Waals surface area contributed by atoms with E-state index in [0.717, 1.165) is 17.9 Å². The minimum Gasteiger partial charge on any atom is -0.336 e. The minimum absolute atomic E-state index is 0.225. The van der Waals surface area contributed by atoms with Crippen molar-refractivity contribution in [2.75, 3.05) is 0 Å². The van der Waals surface area contributed by atoms with Crippen LogP contribution in [0, 0.1) is 0 Å². The third-order valence-corrected chi connectivity index (χ3v) is 3.01. The zero-order valence-corrected chi connectivity index (χ0v) is 10.5. The van der Waals surface area contributed by atoms with Crippen LogP contribution in [-0.2, 0) is 13.6 Å². The van der Waals surface area contributed by atoms with Gasteiger partial charge in [0, 0.05) is 13.6 Å². The number of nitrogens with two attached hydrogens (primary N) is 1. The summed E-state index contributed by atoms with van der Waals surface area (Å²) in [6.07, 6.45) is 5.11. The molecule has 2 rings (SSSR count). The predicted octanol–water partition coefficient (Wildman–Crippen LogP) is 0.843. The second-order valence-electron chi connectivity index (χ2n) is 3.72. The Morgan fingerprint density at radius 2 is 2.29 bits per heavy atom. The lowest BCUT2D eigenvalue weighted by Crippen LogP contribution is -2.32. The SMILES string of the molecule is CCn1ncc(Cl)c1C(NN)c1cncn1C. The maximum absolute atomic E-state index is 6.16. The molecule has 3 N–H and O–H groups in total. The van der Waals surface area contributed by atoms with Crippen LogP contribution < -0.4 is 11.3 Å². The Bertz CT molecular complexity index is 503. The summed E-state index contributed by atoms with van der Waals surface area (Å²) in [6, 6.07) is -0.225. The van der Waals surface area contributed by atoms with E-state index in [1.807, 2.05) is 23.2 Å². The molecule has 0 saturated heterocycles. The fourth-order valence-corrected chi connectivity index (χ4v) is 2.11. The van der Waals surface area contributed by atoms with Crippen molar-refractivity contribution in [2.45, 2.75) is 19.5 Å². The van der Waals surface area contributed by atoms with Crippen LogP contribution in [0.4, 0.5) is 0 Å². The quantitative estimate of drug-likeness (QED) is 0.627. The van der Waals surface area contributed by atoms with Crippen molar-refractivity contribution < 1.29 is 0 Å². The number of halogens is 1. The summed E-state index contributed by atoms with van der Waals surface area (Å²) in [5, 5.41) is 4.80. The molecule has 0 bridgehead atoms. The number of imidazole rings is 1. The van der Waals surface area contributed by atoms with Gasteiger partial charge in [0.05, 0.1) is 35.1 Å².